The van der Waals surface area contributed by atoms with Gasteiger partial charge in [0.25, 0.3) is 0 Å². The molecule has 1 unspecified atom stereocenters. The molecule has 0 bridgehead atoms. The Labute approximate surface area is 223 Å². The van der Waals surface area contributed by atoms with E-state index >= 15 is 8.78 Å². The second kappa shape index (κ2) is 10.5. The molecule has 3 heterocycles. The van der Waals surface area contributed by atoms with Gasteiger partial charge < -0.3 is 10.4 Å². The maximum Gasteiger partial charge on any atom is 0.334 e. The highest BCUT2D eigenvalue weighted by Crippen LogP contribution is 2.45. The van der Waals surface area contributed by atoms with Gasteiger partial charge in [-0.2, -0.15) is 5.26 Å². The number of amides is 2. The minimum atomic E-state index is -0.946. The Morgan fingerprint density at radius 2 is 1.97 bits per heavy atom. The van der Waals surface area contributed by atoms with Crippen molar-refractivity contribution in [2.24, 2.45) is 0 Å². The van der Waals surface area contributed by atoms with Crippen molar-refractivity contribution in [3.05, 3.63) is 64.8 Å². The molecule has 1 atom stereocenters. The summed E-state index contributed by atoms with van der Waals surface area (Å²) in [5.41, 5.74) is 0.973. The van der Waals surface area contributed by atoms with Crippen LogP contribution in [0.4, 0.5) is 36.5 Å². The van der Waals surface area contributed by atoms with Crippen molar-refractivity contribution in [3.63, 3.8) is 0 Å². The van der Waals surface area contributed by atoms with E-state index in [1.165, 1.54) is 17.2 Å². The molecule has 2 aromatic carbocycles. The summed E-state index contributed by atoms with van der Waals surface area (Å²) in [6.07, 6.45) is 1.76. The number of nitrogens with one attached hydrogen (secondary N) is 1. The van der Waals surface area contributed by atoms with Gasteiger partial charge in [0.1, 0.15) is 11.5 Å². The predicted octanol–water partition coefficient (Wildman–Crippen LogP) is 5.13. The molecule has 38 heavy (non-hydrogen) atoms. The summed E-state index contributed by atoms with van der Waals surface area (Å²) in [6.45, 7) is 4.27. The largest absolute Gasteiger partial charge is 0.392 e. The van der Waals surface area contributed by atoms with Crippen molar-refractivity contribution in [2.45, 2.75) is 19.4 Å². The zero-order chi connectivity index (χ0) is 27.0. The van der Waals surface area contributed by atoms with Crippen LogP contribution in [0.15, 0.2) is 42.6 Å². The fraction of sp³-hybridized carbons (Fsp3) is 0.296. The maximum atomic E-state index is 15.6. The van der Waals surface area contributed by atoms with Crippen molar-refractivity contribution in [1.29, 1.82) is 5.26 Å². The second-order valence-electron chi connectivity index (χ2n) is 9.19. The molecule has 0 aliphatic carbocycles. The third-order valence-electron chi connectivity index (χ3n) is 6.73. The smallest absolute Gasteiger partial charge is 0.334 e. The van der Waals surface area contributed by atoms with Gasteiger partial charge in [-0.1, -0.05) is 17.7 Å². The Morgan fingerprint density at radius 3 is 2.63 bits per heavy atom. The Balaban J connectivity index is 1.56. The van der Waals surface area contributed by atoms with E-state index < -0.39 is 23.4 Å². The Bertz CT molecular complexity index is 1420. The molecule has 1 aromatic heterocycles. The quantitative estimate of drug-likeness (QED) is 0.452. The molecule has 196 valence electrons. The first-order valence-electron chi connectivity index (χ1n) is 12.3. The number of likely N-dealkylation sites (tertiary alicyclic amines) is 1. The molecule has 2 N–H and O–H groups in total. The zero-order valence-electron chi connectivity index (χ0n) is 20.6. The number of rotatable bonds is 6. The average Bonchev–Trinajstić information content (AvgIpc) is 3.28. The van der Waals surface area contributed by atoms with Gasteiger partial charge in [0.2, 0.25) is 0 Å². The fourth-order valence-corrected chi connectivity index (χ4v) is 5.09. The standard InChI is InChI=1S/C27H25ClF2N6O2/c1-2-35-26-21(10-17(28)14-33-26)20-4-3-16(13-31)9-24(20)36(27(35)38)25-22(29)11-18(12-23(25)30)32-6-8-34-7-5-19(37)15-34/h3-4,9-12,14,19,32,37H,2,5-8,15H2,1H3. The normalized spacial score (nSPS) is 17.2. The summed E-state index contributed by atoms with van der Waals surface area (Å²) in [4.78, 5) is 22.5. The van der Waals surface area contributed by atoms with Crippen molar-refractivity contribution in [2.75, 3.05) is 47.8 Å². The number of carbonyl (C=O) groups is 1. The van der Waals surface area contributed by atoms with Crippen LogP contribution in [0.1, 0.15) is 18.9 Å². The summed E-state index contributed by atoms with van der Waals surface area (Å²) < 4.78 is 31.3. The van der Waals surface area contributed by atoms with E-state index in [1.807, 2.05) is 6.07 Å². The van der Waals surface area contributed by atoms with Crippen LogP contribution >= 0.6 is 11.6 Å². The number of hydrogen-bond acceptors (Lipinski definition) is 6. The summed E-state index contributed by atoms with van der Waals surface area (Å²) in [5.74, 6) is -1.60. The molecular weight excluding hydrogens is 514 g/mol. The number of urea groups is 1. The number of nitrogens with zero attached hydrogens (tertiary/aromatic N) is 5. The molecule has 2 aliphatic rings. The molecule has 1 fully saturated rings. The highest BCUT2D eigenvalue weighted by atomic mass is 35.5. The number of benzene rings is 2. The molecule has 2 aliphatic heterocycles. The van der Waals surface area contributed by atoms with E-state index in [2.05, 4.69) is 15.2 Å². The lowest BCUT2D eigenvalue weighted by molar-refractivity contribution is 0.177. The van der Waals surface area contributed by atoms with Crippen LogP contribution in [0.3, 0.4) is 0 Å². The number of aliphatic hydroxyl groups excluding tert-OH is 1. The SMILES string of the molecule is CCN1C(=O)N(c2c(F)cc(NCCN3CCC(O)C3)cc2F)c2cc(C#N)ccc2-c2cc(Cl)cnc21. The average molecular weight is 539 g/mol. The van der Waals surface area contributed by atoms with Crippen LogP contribution in [-0.4, -0.2) is 59.8 Å². The number of pyridine rings is 1. The lowest BCUT2D eigenvalue weighted by Crippen LogP contribution is -2.41. The molecule has 8 nitrogen and oxygen atoms in total. The maximum absolute atomic E-state index is 15.6. The molecule has 5 rings (SSSR count). The number of halogens is 3. The van der Waals surface area contributed by atoms with E-state index in [9.17, 15) is 15.2 Å². The molecule has 0 radical (unpaired) electrons. The van der Waals surface area contributed by atoms with Gasteiger partial charge in [-0.3, -0.25) is 14.7 Å². The number of hydrogen-bond donors (Lipinski definition) is 2. The van der Waals surface area contributed by atoms with Crippen molar-refractivity contribution in [3.8, 4) is 17.2 Å². The minimum Gasteiger partial charge on any atom is -0.392 e. The number of anilines is 4. The Kier molecular flexibility index (Phi) is 7.17. The van der Waals surface area contributed by atoms with E-state index in [1.54, 1.807) is 25.1 Å². The molecule has 1 saturated heterocycles. The molecule has 2 amide bonds. The van der Waals surface area contributed by atoms with Crippen molar-refractivity contribution < 1.29 is 18.7 Å². The summed E-state index contributed by atoms with van der Waals surface area (Å²) in [5, 5.41) is 22.5. The summed E-state index contributed by atoms with van der Waals surface area (Å²) in [7, 11) is 0. The van der Waals surface area contributed by atoms with Crippen LogP contribution in [0.5, 0.6) is 0 Å². The predicted molar refractivity (Wildman–Crippen MR) is 142 cm³/mol. The fourth-order valence-electron chi connectivity index (χ4n) is 4.93. The van der Waals surface area contributed by atoms with Crippen LogP contribution < -0.4 is 15.1 Å². The number of aromatic nitrogens is 1. The number of carbonyl (C=O) groups excluding carboxylic acids is 1. The molecule has 11 heteroatoms. The monoisotopic (exact) mass is 538 g/mol. The first kappa shape index (κ1) is 25.9. The lowest BCUT2D eigenvalue weighted by atomic mass is 10.0. The Hall–Kier alpha value is -3.78. The summed E-state index contributed by atoms with van der Waals surface area (Å²) >= 11 is 6.22. The number of β-amino-alcohol motifs (C(OH)–C–C–N with tert-alkyl or cyclic N) is 1. The zero-order valence-corrected chi connectivity index (χ0v) is 21.3. The third kappa shape index (κ3) is 4.76. The van der Waals surface area contributed by atoms with Crippen LogP contribution in [0.25, 0.3) is 11.1 Å². The first-order valence-corrected chi connectivity index (χ1v) is 12.6. The van der Waals surface area contributed by atoms with Crippen LogP contribution in [-0.2, 0) is 0 Å². The van der Waals surface area contributed by atoms with Crippen molar-refractivity contribution >= 4 is 40.5 Å². The lowest BCUT2D eigenvalue weighted by Gasteiger charge is -2.28. The van der Waals surface area contributed by atoms with Gasteiger partial charge in [0, 0.05) is 55.7 Å². The van der Waals surface area contributed by atoms with Gasteiger partial charge >= 0.3 is 6.03 Å². The van der Waals surface area contributed by atoms with E-state index in [-0.39, 0.29) is 29.6 Å². The molecule has 0 saturated carbocycles. The third-order valence-corrected chi connectivity index (χ3v) is 6.94. The number of fused-ring (bicyclic) bond motifs is 3. The van der Waals surface area contributed by atoms with E-state index in [4.69, 9.17) is 11.6 Å². The van der Waals surface area contributed by atoms with Gasteiger partial charge in [-0.15, -0.1) is 0 Å². The number of nitriles is 1. The van der Waals surface area contributed by atoms with Gasteiger partial charge in [0.05, 0.1) is 28.4 Å². The molecule has 3 aromatic rings. The van der Waals surface area contributed by atoms with Gasteiger partial charge in [0.15, 0.2) is 11.6 Å². The van der Waals surface area contributed by atoms with Gasteiger partial charge in [-0.05, 0) is 43.7 Å². The minimum absolute atomic E-state index is 0.140. The number of aliphatic hydroxyl groups is 1. The van der Waals surface area contributed by atoms with Gasteiger partial charge in [-0.25, -0.2) is 18.6 Å². The first-order chi connectivity index (χ1) is 18.3. The highest BCUT2D eigenvalue weighted by Gasteiger charge is 2.36. The van der Waals surface area contributed by atoms with Crippen molar-refractivity contribution in [1.82, 2.24) is 9.88 Å². The second-order valence-corrected chi connectivity index (χ2v) is 9.63. The van der Waals surface area contributed by atoms with Crippen LogP contribution in [0, 0.1) is 23.0 Å². The molecular formula is C27H25ClF2N6O2. The topological polar surface area (TPSA) is 95.7 Å². The van der Waals surface area contributed by atoms with Crippen LogP contribution in [0.2, 0.25) is 5.02 Å². The summed E-state index contributed by atoms with van der Waals surface area (Å²) in [6, 6.07) is 9.82. The van der Waals surface area contributed by atoms with E-state index in [0.717, 1.165) is 23.6 Å². The Morgan fingerprint density at radius 1 is 1.21 bits per heavy atom. The highest BCUT2D eigenvalue weighted by molar-refractivity contribution is 6.31. The van der Waals surface area contributed by atoms with E-state index in [0.29, 0.717) is 48.0 Å². The molecule has 0 spiro atoms.